The van der Waals surface area contributed by atoms with Crippen LogP contribution in [0.25, 0.3) is 0 Å². The van der Waals surface area contributed by atoms with Crippen molar-refractivity contribution in [3.05, 3.63) is 36.3 Å². The zero-order valence-electron chi connectivity index (χ0n) is 9.65. The van der Waals surface area contributed by atoms with Crippen molar-refractivity contribution in [3.8, 4) is 0 Å². The first-order chi connectivity index (χ1) is 8.90. The molecule has 0 spiro atoms. The summed E-state index contributed by atoms with van der Waals surface area (Å²) in [7, 11) is -4.10. The Morgan fingerprint density at radius 2 is 2.21 bits per heavy atom. The molecule has 0 bridgehead atoms. The van der Waals surface area contributed by atoms with Gasteiger partial charge in [0.25, 0.3) is 10.0 Å². The number of halogens is 1. The van der Waals surface area contributed by atoms with Crippen molar-refractivity contribution in [2.45, 2.75) is 17.5 Å². The summed E-state index contributed by atoms with van der Waals surface area (Å²) in [4.78, 5) is 14.2. The Bertz CT molecular complexity index is 629. The van der Waals surface area contributed by atoms with Crippen molar-refractivity contribution in [1.82, 2.24) is 9.71 Å². The summed E-state index contributed by atoms with van der Waals surface area (Å²) in [6.07, 6.45) is 4.12. The zero-order chi connectivity index (χ0) is 14.0. The van der Waals surface area contributed by atoms with Gasteiger partial charge in [-0.15, -0.1) is 0 Å². The van der Waals surface area contributed by atoms with Crippen LogP contribution < -0.4 is 4.72 Å². The number of aliphatic carboxylic acids is 1. The van der Waals surface area contributed by atoms with Crippen molar-refractivity contribution in [1.29, 1.82) is 0 Å². The lowest BCUT2D eigenvalue weighted by Gasteiger charge is -2.12. The molecule has 0 radical (unpaired) electrons. The van der Waals surface area contributed by atoms with E-state index in [2.05, 4.69) is 9.71 Å². The highest BCUT2D eigenvalue weighted by Crippen LogP contribution is 2.20. The van der Waals surface area contributed by atoms with Crippen LogP contribution in [0.2, 0.25) is 0 Å². The lowest BCUT2D eigenvalue weighted by atomic mass is 10.1. The van der Waals surface area contributed by atoms with Crippen molar-refractivity contribution in [2.75, 3.05) is 0 Å². The minimum Gasteiger partial charge on any atom is -0.481 e. The van der Waals surface area contributed by atoms with E-state index in [4.69, 9.17) is 5.11 Å². The molecule has 8 heteroatoms. The number of sulfonamides is 1. The third kappa shape index (κ3) is 2.96. The fourth-order valence-electron chi connectivity index (χ4n) is 1.79. The van der Waals surface area contributed by atoms with Crippen LogP contribution in [0.1, 0.15) is 6.42 Å². The van der Waals surface area contributed by atoms with Gasteiger partial charge in [0, 0.05) is 12.2 Å². The molecule has 0 amide bonds. The molecule has 1 heterocycles. The van der Waals surface area contributed by atoms with Gasteiger partial charge < -0.3 is 5.11 Å². The minimum atomic E-state index is -4.10. The highest BCUT2D eigenvalue weighted by Gasteiger charge is 2.29. The summed E-state index contributed by atoms with van der Waals surface area (Å²) in [5.41, 5.74) is 0. The van der Waals surface area contributed by atoms with E-state index in [-0.39, 0.29) is 6.42 Å². The first kappa shape index (κ1) is 13.6. The number of carboxylic acid groups (broad SMARTS) is 1. The Kier molecular flexibility index (Phi) is 3.63. The number of carboxylic acids is 1. The van der Waals surface area contributed by atoms with Crippen molar-refractivity contribution >= 4 is 16.0 Å². The summed E-state index contributed by atoms with van der Waals surface area (Å²) in [6, 6.07) is 1.60. The van der Waals surface area contributed by atoms with Gasteiger partial charge in [-0.3, -0.25) is 4.79 Å². The molecule has 2 N–H and O–H groups in total. The quantitative estimate of drug-likeness (QED) is 0.787. The van der Waals surface area contributed by atoms with E-state index in [1.54, 1.807) is 0 Å². The van der Waals surface area contributed by atoms with Crippen LogP contribution in [0.15, 0.2) is 35.5 Å². The molecule has 0 saturated heterocycles. The van der Waals surface area contributed by atoms with E-state index >= 15 is 0 Å². The van der Waals surface area contributed by atoms with Crippen LogP contribution in [0.5, 0.6) is 0 Å². The molecule has 2 unspecified atom stereocenters. The Morgan fingerprint density at radius 1 is 1.47 bits per heavy atom. The maximum absolute atomic E-state index is 13.4. The molecular formula is C11H11FN2O4S. The van der Waals surface area contributed by atoms with Crippen molar-refractivity contribution in [3.63, 3.8) is 0 Å². The largest absolute Gasteiger partial charge is 0.481 e. The van der Waals surface area contributed by atoms with Gasteiger partial charge in [0.1, 0.15) is 0 Å². The minimum absolute atomic E-state index is 0.100. The summed E-state index contributed by atoms with van der Waals surface area (Å²) < 4.78 is 39.4. The monoisotopic (exact) mass is 286 g/mol. The molecular weight excluding hydrogens is 275 g/mol. The molecule has 1 aliphatic carbocycles. The topological polar surface area (TPSA) is 96.4 Å². The number of nitrogens with one attached hydrogen (secondary N) is 1. The average molecular weight is 286 g/mol. The predicted molar refractivity (Wildman–Crippen MR) is 63.2 cm³/mol. The summed E-state index contributed by atoms with van der Waals surface area (Å²) in [6.45, 7) is 0. The van der Waals surface area contributed by atoms with Gasteiger partial charge in [-0.05, 0) is 18.6 Å². The number of hydrogen-bond acceptors (Lipinski definition) is 4. The highest BCUT2D eigenvalue weighted by molar-refractivity contribution is 7.89. The number of nitrogens with zero attached hydrogens (tertiary/aromatic N) is 1. The van der Waals surface area contributed by atoms with Gasteiger partial charge in [0.05, 0.1) is 5.92 Å². The predicted octanol–water partition coefficient (Wildman–Crippen LogP) is 0.528. The third-order valence-electron chi connectivity index (χ3n) is 2.69. The smallest absolute Gasteiger partial charge is 0.310 e. The lowest BCUT2D eigenvalue weighted by Crippen LogP contribution is -2.34. The van der Waals surface area contributed by atoms with E-state index in [0.717, 1.165) is 6.07 Å². The van der Waals surface area contributed by atoms with Gasteiger partial charge in [-0.25, -0.2) is 22.5 Å². The second-order valence-corrected chi connectivity index (χ2v) is 5.71. The van der Waals surface area contributed by atoms with Crippen LogP contribution >= 0.6 is 0 Å². The Morgan fingerprint density at radius 3 is 2.79 bits per heavy atom. The van der Waals surface area contributed by atoms with Crippen LogP contribution in [-0.2, 0) is 14.8 Å². The van der Waals surface area contributed by atoms with E-state index in [9.17, 15) is 17.6 Å². The second kappa shape index (κ2) is 5.06. The molecule has 1 aromatic heterocycles. The normalized spacial score (nSPS) is 22.6. The van der Waals surface area contributed by atoms with E-state index in [1.165, 1.54) is 24.4 Å². The Labute approximate surface area is 109 Å². The van der Waals surface area contributed by atoms with Crippen molar-refractivity contribution < 1.29 is 22.7 Å². The van der Waals surface area contributed by atoms with Gasteiger partial charge in [-0.1, -0.05) is 12.2 Å². The molecule has 0 aromatic carbocycles. The summed E-state index contributed by atoms with van der Waals surface area (Å²) in [5, 5.41) is 8.10. The fourth-order valence-corrected chi connectivity index (χ4v) is 3.00. The number of pyridine rings is 1. The Hall–Kier alpha value is -1.80. The number of aromatic nitrogens is 1. The molecule has 102 valence electrons. The van der Waals surface area contributed by atoms with Crippen LogP contribution in [-0.4, -0.2) is 30.5 Å². The maximum Gasteiger partial charge on any atom is 0.310 e. The Balaban J connectivity index is 2.14. The van der Waals surface area contributed by atoms with Crippen LogP contribution in [0.3, 0.4) is 0 Å². The lowest BCUT2D eigenvalue weighted by molar-refractivity contribution is -0.140. The fraction of sp³-hybridized carbons (Fsp3) is 0.273. The van der Waals surface area contributed by atoms with E-state index in [0.29, 0.717) is 0 Å². The van der Waals surface area contributed by atoms with Gasteiger partial charge in [-0.2, -0.15) is 0 Å². The summed E-state index contributed by atoms with van der Waals surface area (Å²) >= 11 is 0. The zero-order valence-corrected chi connectivity index (χ0v) is 10.5. The first-order valence-corrected chi connectivity index (χ1v) is 6.92. The van der Waals surface area contributed by atoms with E-state index in [1.807, 2.05) is 0 Å². The maximum atomic E-state index is 13.4. The number of hydrogen-bond donors (Lipinski definition) is 2. The first-order valence-electron chi connectivity index (χ1n) is 5.44. The number of carbonyl (C=O) groups is 1. The average Bonchev–Trinajstić information content (AvgIpc) is 2.77. The second-order valence-electron chi connectivity index (χ2n) is 4.08. The van der Waals surface area contributed by atoms with Gasteiger partial charge >= 0.3 is 5.97 Å². The molecule has 1 aromatic rings. The van der Waals surface area contributed by atoms with Gasteiger partial charge in [0.15, 0.2) is 5.82 Å². The summed E-state index contributed by atoms with van der Waals surface area (Å²) in [5.74, 6) is -2.71. The van der Waals surface area contributed by atoms with Crippen LogP contribution in [0.4, 0.5) is 4.39 Å². The molecule has 6 nitrogen and oxygen atoms in total. The molecule has 2 atom stereocenters. The SMILES string of the molecule is O=C(O)C1C=CC(NS(=O)(=O)c2ncccc2F)C1. The third-order valence-corrected chi connectivity index (χ3v) is 4.11. The molecule has 1 aliphatic rings. The number of rotatable bonds is 4. The molecule has 2 rings (SSSR count). The van der Waals surface area contributed by atoms with Crippen molar-refractivity contribution in [2.24, 2.45) is 5.92 Å². The molecule has 0 fully saturated rings. The van der Waals surface area contributed by atoms with Crippen LogP contribution in [0, 0.1) is 11.7 Å². The molecule has 0 aliphatic heterocycles. The highest BCUT2D eigenvalue weighted by atomic mass is 32.2. The van der Waals surface area contributed by atoms with Gasteiger partial charge in [0.2, 0.25) is 5.03 Å². The van der Waals surface area contributed by atoms with E-state index < -0.39 is 38.8 Å². The standard InChI is InChI=1S/C11H11FN2O4S/c12-9-2-1-5-13-10(9)19(17,18)14-8-4-3-7(6-8)11(15)16/h1-5,7-8,14H,6H2,(H,15,16). The molecule has 0 saturated carbocycles. The molecule has 19 heavy (non-hydrogen) atoms.